The molecule has 0 unspecified atom stereocenters. The molecule has 28 heavy (non-hydrogen) atoms. The molecule has 0 atom stereocenters. The molecular weight excluding hydrogens is 372 g/mol. The second-order valence-corrected chi connectivity index (χ2v) is 6.90. The maximum Gasteiger partial charge on any atom is 0.254 e. The molecule has 0 aliphatic rings. The molecule has 5 heteroatoms. The SMILES string of the molecule is C=CCN(Cc1cccn1Cc1cccc(OC)c1)C(=O)c1ccc(Cl)cc1. The molecule has 0 fully saturated rings. The number of hydrogen-bond acceptors (Lipinski definition) is 2. The molecule has 0 saturated carbocycles. The summed E-state index contributed by atoms with van der Waals surface area (Å²) in [4.78, 5) is 14.7. The molecule has 1 amide bonds. The maximum atomic E-state index is 12.9. The van der Waals surface area contributed by atoms with E-state index in [0.29, 0.717) is 30.2 Å². The highest BCUT2D eigenvalue weighted by Crippen LogP contribution is 2.17. The summed E-state index contributed by atoms with van der Waals surface area (Å²) >= 11 is 5.94. The monoisotopic (exact) mass is 394 g/mol. The Morgan fingerprint density at radius 3 is 2.68 bits per heavy atom. The van der Waals surface area contributed by atoms with Crippen molar-refractivity contribution in [2.75, 3.05) is 13.7 Å². The van der Waals surface area contributed by atoms with Gasteiger partial charge in [0.15, 0.2) is 0 Å². The number of amides is 1. The minimum Gasteiger partial charge on any atom is -0.497 e. The summed E-state index contributed by atoms with van der Waals surface area (Å²) in [5.74, 6) is 0.781. The summed E-state index contributed by atoms with van der Waals surface area (Å²) in [6, 6.07) is 19.0. The number of halogens is 1. The van der Waals surface area contributed by atoms with Crippen molar-refractivity contribution in [3.05, 3.63) is 101 Å². The molecule has 0 saturated heterocycles. The Hall–Kier alpha value is -2.98. The molecule has 0 aliphatic carbocycles. The van der Waals surface area contributed by atoms with Crippen LogP contribution in [0.15, 0.2) is 79.5 Å². The van der Waals surface area contributed by atoms with Gasteiger partial charge in [-0.3, -0.25) is 4.79 Å². The number of carbonyl (C=O) groups is 1. The van der Waals surface area contributed by atoms with Crippen LogP contribution in [0.2, 0.25) is 5.02 Å². The molecule has 1 aromatic heterocycles. The van der Waals surface area contributed by atoms with Gasteiger partial charge in [0.2, 0.25) is 0 Å². The molecule has 4 nitrogen and oxygen atoms in total. The van der Waals surface area contributed by atoms with Gasteiger partial charge in [-0.1, -0.05) is 29.8 Å². The fraction of sp³-hybridized carbons (Fsp3) is 0.174. The summed E-state index contributed by atoms with van der Waals surface area (Å²) in [6.07, 6.45) is 3.76. The van der Waals surface area contributed by atoms with E-state index in [2.05, 4.69) is 17.2 Å². The Labute approximate surface area is 170 Å². The first-order chi connectivity index (χ1) is 13.6. The second kappa shape index (κ2) is 9.29. The zero-order valence-corrected chi connectivity index (χ0v) is 16.6. The average molecular weight is 395 g/mol. The van der Waals surface area contributed by atoms with Crippen LogP contribution in [0, 0.1) is 0 Å². The fourth-order valence-electron chi connectivity index (χ4n) is 3.06. The van der Waals surface area contributed by atoms with Crippen LogP contribution in [0.3, 0.4) is 0 Å². The van der Waals surface area contributed by atoms with E-state index in [1.165, 1.54) is 0 Å². The van der Waals surface area contributed by atoms with E-state index in [0.717, 1.165) is 17.0 Å². The van der Waals surface area contributed by atoms with E-state index in [4.69, 9.17) is 16.3 Å². The number of aromatic nitrogens is 1. The standard InChI is InChI=1S/C23H23ClN2O2/c1-3-13-26(23(27)19-9-11-20(24)12-10-19)17-21-7-5-14-25(21)16-18-6-4-8-22(15-18)28-2/h3-12,14-15H,1,13,16-17H2,2H3. The summed E-state index contributed by atoms with van der Waals surface area (Å²) in [6.45, 7) is 5.45. The predicted molar refractivity (Wildman–Crippen MR) is 113 cm³/mol. The molecule has 0 radical (unpaired) electrons. The van der Waals surface area contributed by atoms with E-state index in [9.17, 15) is 4.79 Å². The van der Waals surface area contributed by atoms with Crippen LogP contribution < -0.4 is 4.74 Å². The van der Waals surface area contributed by atoms with Crippen LogP contribution in [-0.4, -0.2) is 29.0 Å². The minimum absolute atomic E-state index is 0.0503. The van der Waals surface area contributed by atoms with Crippen molar-refractivity contribution in [2.45, 2.75) is 13.1 Å². The number of rotatable bonds is 8. The normalized spacial score (nSPS) is 10.5. The Morgan fingerprint density at radius 2 is 1.96 bits per heavy atom. The highest BCUT2D eigenvalue weighted by molar-refractivity contribution is 6.30. The molecule has 2 aromatic carbocycles. The lowest BCUT2D eigenvalue weighted by atomic mass is 10.2. The minimum atomic E-state index is -0.0503. The molecule has 0 aliphatic heterocycles. The molecule has 0 spiro atoms. The average Bonchev–Trinajstić information content (AvgIpc) is 3.14. The van der Waals surface area contributed by atoms with E-state index >= 15 is 0 Å². The fourth-order valence-corrected chi connectivity index (χ4v) is 3.19. The van der Waals surface area contributed by atoms with Crippen LogP contribution >= 0.6 is 11.6 Å². The van der Waals surface area contributed by atoms with Gasteiger partial charge >= 0.3 is 0 Å². The molecule has 3 aromatic rings. The smallest absolute Gasteiger partial charge is 0.254 e. The number of methoxy groups -OCH3 is 1. The van der Waals surface area contributed by atoms with Crippen molar-refractivity contribution >= 4 is 17.5 Å². The van der Waals surface area contributed by atoms with E-state index in [1.54, 1.807) is 42.4 Å². The third kappa shape index (κ3) is 4.84. The van der Waals surface area contributed by atoms with E-state index in [1.807, 2.05) is 36.5 Å². The Bertz CT molecular complexity index is 947. The molecule has 0 bridgehead atoms. The number of ether oxygens (including phenoxy) is 1. The first kappa shape index (κ1) is 19.8. The molecular formula is C23H23ClN2O2. The van der Waals surface area contributed by atoms with Crippen LogP contribution in [-0.2, 0) is 13.1 Å². The molecule has 0 N–H and O–H groups in total. The molecule has 144 valence electrons. The Kier molecular flexibility index (Phi) is 6.56. The summed E-state index contributed by atoms with van der Waals surface area (Å²) in [5, 5.41) is 0.610. The van der Waals surface area contributed by atoms with Crippen LogP contribution in [0.1, 0.15) is 21.6 Å². The van der Waals surface area contributed by atoms with Crippen molar-refractivity contribution in [1.29, 1.82) is 0 Å². The predicted octanol–water partition coefficient (Wildman–Crippen LogP) is 5.03. The van der Waals surface area contributed by atoms with Crippen molar-refractivity contribution in [3.8, 4) is 5.75 Å². The third-order valence-corrected chi connectivity index (χ3v) is 4.74. The summed E-state index contributed by atoms with van der Waals surface area (Å²) in [5.41, 5.74) is 2.79. The van der Waals surface area contributed by atoms with Gasteiger partial charge in [-0.2, -0.15) is 0 Å². The molecule has 3 rings (SSSR count). The number of benzene rings is 2. The largest absolute Gasteiger partial charge is 0.497 e. The van der Waals surface area contributed by atoms with Crippen molar-refractivity contribution in [3.63, 3.8) is 0 Å². The van der Waals surface area contributed by atoms with Gasteiger partial charge in [-0.15, -0.1) is 6.58 Å². The lowest BCUT2D eigenvalue weighted by molar-refractivity contribution is 0.0759. The highest BCUT2D eigenvalue weighted by atomic mass is 35.5. The Balaban J connectivity index is 1.78. The van der Waals surface area contributed by atoms with Crippen LogP contribution in [0.4, 0.5) is 0 Å². The number of hydrogen-bond donors (Lipinski definition) is 0. The second-order valence-electron chi connectivity index (χ2n) is 6.46. The highest BCUT2D eigenvalue weighted by Gasteiger charge is 2.16. The van der Waals surface area contributed by atoms with Gasteiger partial charge in [0.05, 0.1) is 13.7 Å². The van der Waals surface area contributed by atoms with Gasteiger partial charge in [0.1, 0.15) is 5.75 Å². The van der Waals surface area contributed by atoms with Crippen molar-refractivity contribution in [1.82, 2.24) is 9.47 Å². The number of nitrogens with zero attached hydrogens (tertiary/aromatic N) is 2. The zero-order valence-electron chi connectivity index (χ0n) is 15.8. The van der Waals surface area contributed by atoms with Crippen LogP contribution in [0.5, 0.6) is 5.75 Å². The first-order valence-corrected chi connectivity index (χ1v) is 9.41. The van der Waals surface area contributed by atoms with Gasteiger partial charge in [0.25, 0.3) is 5.91 Å². The van der Waals surface area contributed by atoms with Crippen LogP contribution in [0.25, 0.3) is 0 Å². The quantitative estimate of drug-likeness (QED) is 0.502. The van der Waals surface area contributed by atoms with Gasteiger partial charge in [-0.05, 0) is 54.1 Å². The molecule has 1 heterocycles. The van der Waals surface area contributed by atoms with E-state index < -0.39 is 0 Å². The number of carbonyl (C=O) groups excluding carboxylic acids is 1. The summed E-state index contributed by atoms with van der Waals surface area (Å²) < 4.78 is 7.45. The summed E-state index contributed by atoms with van der Waals surface area (Å²) in [7, 11) is 1.66. The zero-order chi connectivity index (χ0) is 19.9. The first-order valence-electron chi connectivity index (χ1n) is 9.03. The van der Waals surface area contributed by atoms with E-state index in [-0.39, 0.29) is 5.91 Å². The van der Waals surface area contributed by atoms with Gasteiger partial charge in [-0.25, -0.2) is 0 Å². The maximum absolute atomic E-state index is 12.9. The Morgan fingerprint density at radius 1 is 1.18 bits per heavy atom. The third-order valence-electron chi connectivity index (χ3n) is 4.49. The lowest BCUT2D eigenvalue weighted by Crippen LogP contribution is -2.31. The topological polar surface area (TPSA) is 34.5 Å². The van der Waals surface area contributed by atoms with Crippen molar-refractivity contribution in [2.24, 2.45) is 0 Å². The van der Waals surface area contributed by atoms with Crippen molar-refractivity contribution < 1.29 is 9.53 Å². The van der Waals surface area contributed by atoms with Gasteiger partial charge in [0, 0.05) is 35.6 Å². The van der Waals surface area contributed by atoms with Gasteiger partial charge < -0.3 is 14.2 Å². The lowest BCUT2D eigenvalue weighted by Gasteiger charge is -2.22.